The number of H-pyrrole nitrogens is 1. The molecule has 7 N–H and O–H groups in total. The molecule has 0 aliphatic heterocycles. The molecule has 7 heteroatoms. The molecule has 0 saturated heterocycles. The van der Waals surface area contributed by atoms with Gasteiger partial charge < -0.3 is 32.0 Å². The maximum Gasteiger partial charge on any atom is 0.224 e. The van der Waals surface area contributed by atoms with Crippen molar-refractivity contribution in [3.05, 3.63) is 36.0 Å². The molecule has 2 aromatic rings. The third-order valence-electron chi connectivity index (χ3n) is 5.10. The molecular formula is C23H40N6O. The van der Waals surface area contributed by atoms with E-state index in [9.17, 15) is 4.79 Å². The van der Waals surface area contributed by atoms with Crippen LogP contribution in [-0.4, -0.2) is 63.2 Å². The minimum atomic E-state index is 0.0813. The predicted octanol–water partition coefficient (Wildman–Crippen LogP) is 1.50. The third kappa shape index (κ3) is 10.2. The molecule has 168 valence electrons. The van der Waals surface area contributed by atoms with Crippen molar-refractivity contribution in [2.75, 3.05) is 52.4 Å². The Hall–Kier alpha value is -1.93. The first-order valence-corrected chi connectivity index (χ1v) is 11.4. The first-order chi connectivity index (χ1) is 14.8. The number of unbranched alkanes of at least 4 members (excludes halogenated alkanes) is 1. The lowest BCUT2D eigenvalue weighted by molar-refractivity contribution is -0.120. The van der Waals surface area contributed by atoms with Gasteiger partial charge in [-0.25, -0.2) is 0 Å². The Kier molecular flexibility index (Phi) is 12.9. The average Bonchev–Trinajstić information content (AvgIpc) is 3.16. The summed E-state index contributed by atoms with van der Waals surface area (Å²) in [7, 11) is 0. The summed E-state index contributed by atoms with van der Waals surface area (Å²) in [5.41, 5.74) is 7.60. The number of nitrogens with one attached hydrogen (secondary N) is 5. The van der Waals surface area contributed by atoms with Gasteiger partial charge in [-0.1, -0.05) is 18.2 Å². The highest BCUT2D eigenvalue weighted by atomic mass is 16.1. The normalized spacial score (nSPS) is 11.2. The van der Waals surface area contributed by atoms with E-state index in [4.69, 9.17) is 5.73 Å². The van der Waals surface area contributed by atoms with Gasteiger partial charge >= 0.3 is 0 Å². The molecular weight excluding hydrogens is 377 g/mol. The Morgan fingerprint density at radius 1 is 0.800 bits per heavy atom. The van der Waals surface area contributed by atoms with Gasteiger partial charge in [-0.15, -0.1) is 0 Å². The van der Waals surface area contributed by atoms with Gasteiger partial charge in [0.1, 0.15) is 0 Å². The van der Waals surface area contributed by atoms with Crippen LogP contribution in [0.1, 0.15) is 37.7 Å². The topological polar surface area (TPSA) is 107 Å². The van der Waals surface area contributed by atoms with Gasteiger partial charge in [-0.2, -0.15) is 0 Å². The summed E-state index contributed by atoms with van der Waals surface area (Å²) in [6.45, 7) is 7.69. The second-order valence-corrected chi connectivity index (χ2v) is 7.69. The summed E-state index contributed by atoms with van der Waals surface area (Å²) in [5, 5.41) is 14.5. The highest BCUT2D eigenvalue weighted by Crippen LogP contribution is 2.17. The number of hydrogen-bond donors (Lipinski definition) is 6. The Morgan fingerprint density at radius 3 is 2.07 bits per heavy atom. The van der Waals surface area contributed by atoms with Crippen molar-refractivity contribution in [3.8, 4) is 0 Å². The van der Waals surface area contributed by atoms with Crippen LogP contribution in [0.25, 0.3) is 10.9 Å². The van der Waals surface area contributed by atoms with Crippen LogP contribution in [0.2, 0.25) is 0 Å². The highest BCUT2D eigenvalue weighted by molar-refractivity contribution is 5.88. The number of carbonyl (C=O) groups excluding carboxylic acids is 1. The van der Waals surface area contributed by atoms with Crippen molar-refractivity contribution in [2.24, 2.45) is 5.73 Å². The van der Waals surface area contributed by atoms with Gasteiger partial charge in [0.25, 0.3) is 0 Å². The Labute approximate surface area is 180 Å². The van der Waals surface area contributed by atoms with Crippen molar-refractivity contribution in [3.63, 3.8) is 0 Å². The number of carbonyl (C=O) groups is 1. The second kappa shape index (κ2) is 15.8. The van der Waals surface area contributed by atoms with Gasteiger partial charge in [0, 0.05) is 23.6 Å². The number of para-hydroxylation sites is 1. The zero-order valence-corrected chi connectivity index (χ0v) is 18.3. The van der Waals surface area contributed by atoms with Crippen molar-refractivity contribution in [2.45, 2.75) is 38.5 Å². The predicted molar refractivity (Wildman–Crippen MR) is 126 cm³/mol. The lowest BCUT2D eigenvalue weighted by Crippen LogP contribution is -2.29. The molecule has 30 heavy (non-hydrogen) atoms. The van der Waals surface area contributed by atoms with E-state index < -0.39 is 0 Å². The van der Waals surface area contributed by atoms with E-state index in [1.54, 1.807) is 0 Å². The van der Waals surface area contributed by atoms with Crippen molar-refractivity contribution in [1.29, 1.82) is 0 Å². The van der Waals surface area contributed by atoms with Crippen LogP contribution in [0.15, 0.2) is 30.5 Å². The number of rotatable bonds is 18. The zero-order chi connectivity index (χ0) is 21.3. The fourth-order valence-electron chi connectivity index (χ4n) is 3.40. The van der Waals surface area contributed by atoms with Crippen molar-refractivity contribution < 1.29 is 4.79 Å². The summed E-state index contributed by atoms with van der Waals surface area (Å²) >= 11 is 0. The van der Waals surface area contributed by atoms with Gasteiger partial charge in [-0.3, -0.25) is 4.79 Å². The molecule has 1 aromatic carbocycles. The van der Waals surface area contributed by atoms with Crippen LogP contribution in [0.4, 0.5) is 0 Å². The van der Waals surface area contributed by atoms with Crippen LogP contribution < -0.4 is 27.0 Å². The lowest BCUT2D eigenvalue weighted by atomic mass is 10.1. The van der Waals surface area contributed by atoms with Crippen LogP contribution >= 0.6 is 0 Å². The number of nitrogens with two attached hydrogens (primary N) is 1. The van der Waals surface area contributed by atoms with Gasteiger partial charge in [0.15, 0.2) is 0 Å². The molecule has 0 radical (unpaired) electrons. The van der Waals surface area contributed by atoms with Gasteiger partial charge in [0.05, 0.1) is 6.42 Å². The number of benzene rings is 1. The molecule has 1 heterocycles. The van der Waals surface area contributed by atoms with E-state index in [1.165, 1.54) is 6.42 Å². The van der Waals surface area contributed by atoms with E-state index in [-0.39, 0.29) is 5.91 Å². The molecule has 0 spiro atoms. The number of aromatic amines is 1. The van der Waals surface area contributed by atoms with E-state index in [0.717, 1.165) is 88.0 Å². The molecule has 2 rings (SSSR count). The maximum atomic E-state index is 12.1. The number of aromatic nitrogens is 1. The summed E-state index contributed by atoms with van der Waals surface area (Å²) in [5.74, 6) is 0.0813. The summed E-state index contributed by atoms with van der Waals surface area (Å²) in [6, 6.07) is 8.08. The third-order valence-corrected chi connectivity index (χ3v) is 5.10. The minimum Gasteiger partial charge on any atom is -0.361 e. The largest absolute Gasteiger partial charge is 0.361 e. The zero-order valence-electron chi connectivity index (χ0n) is 18.3. The molecule has 0 atom stereocenters. The van der Waals surface area contributed by atoms with E-state index in [1.807, 2.05) is 24.4 Å². The Morgan fingerprint density at radius 2 is 1.40 bits per heavy atom. The Balaban J connectivity index is 1.35. The summed E-state index contributed by atoms with van der Waals surface area (Å²) in [4.78, 5) is 15.4. The molecule has 0 fully saturated rings. The summed E-state index contributed by atoms with van der Waals surface area (Å²) < 4.78 is 0. The van der Waals surface area contributed by atoms with Crippen LogP contribution in [-0.2, 0) is 11.2 Å². The lowest BCUT2D eigenvalue weighted by Gasteiger charge is -2.08. The van der Waals surface area contributed by atoms with E-state index in [0.29, 0.717) is 13.0 Å². The SMILES string of the molecule is NCCCCNCCCNCCC[15NH]CCCNC(=O)Cc1c[nH]c2ccccc12. The van der Waals surface area contributed by atoms with Gasteiger partial charge in [0.2, 0.25) is 5.91 Å². The summed E-state index contributed by atoms with van der Waals surface area (Å²) in [6.07, 6.45) is 7.86. The monoisotopic (exact) mass is 417 g/mol. The standard InChI is InChI=1S/C23H40N6O/c24-10-3-4-11-25-12-5-13-26-14-6-15-27-16-7-17-28-23(30)18-20-19-29-22-9-2-1-8-21(20)22/h1-2,8-9,19,25-27,29H,3-7,10-18,24H2,(H,28,30)/i27+1. The van der Waals surface area contributed by atoms with Gasteiger partial charge in [-0.05, 0) is 89.5 Å². The Bertz CT molecular complexity index is 702. The molecule has 0 unspecified atom stereocenters. The second-order valence-electron chi connectivity index (χ2n) is 7.69. The smallest absolute Gasteiger partial charge is 0.224 e. The molecule has 7 nitrogen and oxygen atoms in total. The number of hydrogen-bond acceptors (Lipinski definition) is 5. The molecule has 0 bridgehead atoms. The first kappa shape index (κ1) is 24.3. The fraction of sp³-hybridized carbons (Fsp3) is 0.609. The molecule has 1 amide bonds. The van der Waals surface area contributed by atoms with Crippen LogP contribution in [0, 0.1) is 0 Å². The van der Waals surface area contributed by atoms with Crippen molar-refractivity contribution >= 4 is 16.8 Å². The fourth-order valence-corrected chi connectivity index (χ4v) is 3.40. The molecule has 1 aromatic heterocycles. The van der Waals surface area contributed by atoms with Crippen LogP contribution in [0.3, 0.4) is 0 Å². The van der Waals surface area contributed by atoms with Crippen LogP contribution in [0.5, 0.6) is 0 Å². The van der Waals surface area contributed by atoms with E-state index in [2.05, 4.69) is 32.3 Å². The molecule has 0 aliphatic carbocycles. The first-order valence-electron chi connectivity index (χ1n) is 11.4. The van der Waals surface area contributed by atoms with Crippen molar-refractivity contribution in [1.82, 2.24) is 26.3 Å². The minimum absolute atomic E-state index is 0.0813. The molecule has 0 aliphatic rings. The van der Waals surface area contributed by atoms with E-state index >= 15 is 0 Å². The average molecular weight is 418 g/mol. The number of amides is 1. The highest BCUT2D eigenvalue weighted by Gasteiger charge is 2.07. The maximum absolute atomic E-state index is 12.1. The number of fused-ring (bicyclic) bond motifs is 1. The molecule has 0 saturated carbocycles. The quantitative estimate of drug-likeness (QED) is 0.163.